The van der Waals surface area contributed by atoms with Crippen LogP contribution in [0.25, 0.3) is 5.57 Å². The maximum atomic E-state index is 13.6. The molecular formula is C15H19FN2O3S. The molecule has 2 rings (SSSR count). The number of carbonyl (C=O) groups excluding carboxylic acids is 2. The van der Waals surface area contributed by atoms with Gasteiger partial charge >= 0.3 is 6.09 Å². The molecule has 120 valence electrons. The fraction of sp³-hybridized carbons (Fsp3) is 0.467. The minimum Gasteiger partial charge on any atom is -0.444 e. The molecule has 5 nitrogen and oxygen atoms in total. The largest absolute Gasteiger partial charge is 0.444 e. The van der Waals surface area contributed by atoms with Crippen LogP contribution >= 0.6 is 11.3 Å². The van der Waals surface area contributed by atoms with Crippen molar-refractivity contribution in [2.24, 2.45) is 5.73 Å². The van der Waals surface area contributed by atoms with E-state index in [1.165, 1.54) is 6.07 Å². The highest BCUT2D eigenvalue weighted by Gasteiger charge is 2.25. The van der Waals surface area contributed by atoms with Gasteiger partial charge in [-0.05, 0) is 38.8 Å². The maximum absolute atomic E-state index is 13.6. The Bertz CT molecular complexity index is 631. The van der Waals surface area contributed by atoms with Crippen LogP contribution in [0.2, 0.25) is 0 Å². The molecule has 0 bridgehead atoms. The molecule has 0 aromatic carbocycles. The molecule has 0 spiro atoms. The van der Waals surface area contributed by atoms with Gasteiger partial charge in [0.25, 0.3) is 5.91 Å². The lowest BCUT2D eigenvalue weighted by atomic mass is 10.1. The molecule has 1 aromatic rings. The number of hydrogen-bond donors (Lipinski definition) is 1. The lowest BCUT2D eigenvalue weighted by molar-refractivity contribution is 0.0270. The van der Waals surface area contributed by atoms with E-state index < -0.39 is 17.3 Å². The molecule has 2 amide bonds. The molecule has 7 heteroatoms. The molecule has 0 aliphatic carbocycles. The number of amides is 2. The molecular weight excluding hydrogens is 307 g/mol. The highest BCUT2D eigenvalue weighted by molar-refractivity contribution is 7.15. The molecule has 1 aliphatic heterocycles. The van der Waals surface area contributed by atoms with Crippen LogP contribution < -0.4 is 5.73 Å². The fourth-order valence-electron chi connectivity index (χ4n) is 2.08. The van der Waals surface area contributed by atoms with Gasteiger partial charge in [-0.2, -0.15) is 0 Å². The van der Waals surface area contributed by atoms with E-state index in [0.29, 0.717) is 24.4 Å². The van der Waals surface area contributed by atoms with Gasteiger partial charge in [0.1, 0.15) is 16.3 Å². The van der Waals surface area contributed by atoms with Crippen LogP contribution in [0, 0.1) is 5.82 Å². The zero-order valence-corrected chi connectivity index (χ0v) is 13.6. The highest BCUT2D eigenvalue weighted by Crippen LogP contribution is 2.31. The molecule has 0 atom stereocenters. The summed E-state index contributed by atoms with van der Waals surface area (Å²) in [6.45, 7) is 6.34. The monoisotopic (exact) mass is 326 g/mol. The zero-order chi connectivity index (χ0) is 16.5. The van der Waals surface area contributed by atoms with E-state index in [-0.39, 0.29) is 11.0 Å². The second-order valence-corrected chi connectivity index (χ2v) is 7.11. The van der Waals surface area contributed by atoms with Crippen LogP contribution in [0.1, 0.15) is 41.7 Å². The van der Waals surface area contributed by atoms with Crippen LogP contribution in [0.3, 0.4) is 0 Å². The van der Waals surface area contributed by atoms with E-state index in [9.17, 15) is 14.0 Å². The molecule has 0 saturated heterocycles. The van der Waals surface area contributed by atoms with Crippen molar-refractivity contribution in [3.8, 4) is 0 Å². The van der Waals surface area contributed by atoms with E-state index in [1.54, 1.807) is 4.90 Å². The Morgan fingerprint density at radius 3 is 2.55 bits per heavy atom. The van der Waals surface area contributed by atoms with Crippen LogP contribution in [-0.4, -0.2) is 35.6 Å². The van der Waals surface area contributed by atoms with E-state index in [4.69, 9.17) is 10.5 Å². The Hall–Kier alpha value is -1.89. The van der Waals surface area contributed by atoms with Gasteiger partial charge in [-0.1, -0.05) is 6.08 Å². The van der Waals surface area contributed by atoms with Crippen molar-refractivity contribution in [3.05, 3.63) is 27.7 Å². The van der Waals surface area contributed by atoms with Crippen molar-refractivity contribution < 1.29 is 18.7 Å². The number of thiophene rings is 1. The number of hydrogen-bond acceptors (Lipinski definition) is 4. The average Bonchev–Trinajstić information content (AvgIpc) is 2.79. The fourth-order valence-corrected chi connectivity index (χ4v) is 3.04. The van der Waals surface area contributed by atoms with Crippen molar-refractivity contribution in [2.45, 2.75) is 32.8 Å². The first kappa shape index (κ1) is 16.5. The quantitative estimate of drug-likeness (QED) is 0.908. The van der Waals surface area contributed by atoms with Crippen molar-refractivity contribution in [1.82, 2.24) is 4.90 Å². The average molecular weight is 326 g/mol. The van der Waals surface area contributed by atoms with Gasteiger partial charge in [0.2, 0.25) is 0 Å². The van der Waals surface area contributed by atoms with Crippen molar-refractivity contribution >= 4 is 28.9 Å². The first-order valence-electron chi connectivity index (χ1n) is 6.94. The molecule has 2 N–H and O–H groups in total. The van der Waals surface area contributed by atoms with E-state index in [1.807, 2.05) is 26.8 Å². The Kier molecular flexibility index (Phi) is 4.55. The number of nitrogens with two attached hydrogens (primary N) is 1. The first-order valence-corrected chi connectivity index (χ1v) is 7.75. The molecule has 2 heterocycles. The second-order valence-electron chi connectivity index (χ2n) is 6.06. The predicted octanol–water partition coefficient (Wildman–Crippen LogP) is 3.01. The maximum Gasteiger partial charge on any atom is 0.410 e. The number of ether oxygens (including phenoxy) is 1. The summed E-state index contributed by atoms with van der Waals surface area (Å²) >= 11 is 1.04. The predicted molar refractivity (Wildman–Crippen MR) is 83.2 cm³/mol. The SMILES string of the molecule is CC(C)(C)OC(=O)N1CC=C(c2cc(F)c(C(N)=O)s2)CC1. The number of nitrogens with zero attached hydrogens (tertiary/aromatic N) is 1. The van der Waals surface area contributed by atoms with Gasteiger partial charge in [0, 0.05) is 18.0 Å². The molecule has 1 aromatic heterocycles. The summed E-state index contributed by atoms with van der Waals surface area (Å²) < 4.78 is 18.9. The molecule has 0 saturated carbocycles. The number of rotatable bonds is 2. The lowest BCUT2D eigenvalue weighted by Gasteiger charge is -2.29. The van der Waals surface area contributed by atoms with Gasteiger partial charge in [-0.25, -0.2) is 9.18 Å². The van der Waals surface area contributed by atoms with Gasteiger partial charge in [0.15, 0.2) is 0 Å². The minimum absolute atomic E-state index is 0.0644. The lowest BCUT2D eigenvalue weighted by Crippen LogP contribution is -2.39. The Morgan fingerprint density at radius 1 is 1.41 bits per heavy atom. The summed E-state index contributed by atoms with van der Waals surface area (Å²) in [5.74, 6) is -1.36. The highest BCUT2D eigenvalue weighted by atomic mass is 32.1. The van der Waals surface area contributed by atoms with Crippen LogP contribution in [0.4, 0.5) is 9.18 Å². The third-order valence-electron chi connectivity index (χ3n) is 3.09. The van der Waals surface area contributed by atoms with E-state index in [0.717, 1.165) is 16.9 Å². The minimum atomic E-state index is -0.763. The summed E-state index contributed by atoms with van der Waals surface area (Å²) in [5.41, 5.74) is 5.50. The van der Waals surface area contributed by atoms with Gasteiger partial charge in [-0.15, -0.1) is 11.3 Å². The topological polar surface area (TPSA) is 72.6 Å². The Labute approximate surface area is 132 Å². The van der Waals surface area contributed by atoms with Crippen LogP contribution in [0.15, 0.2) is 12.1 Å². The molecule has 0 fully saturated rings. The molecule has 0 unspecified atom stereocenters. The standard InChI is InChI=1S/C15H19FN2O3S/c1-15(2,3)21-14(20)18-6-4-9(5-7-18)11-8-10(16)12(22-11)13(17)19/h4,8H,5-7H2,1-3H3,(H2,17,19). The summed E-state index contributed by atoms with van der Waals surface area (Å²) in [7, 11) is 0. The van der Waals surface area contributed by atoms with Crippen LogP contribution in [-0.2, 0) is 4.74 Å². The molecule has 0 radical (unpaired) electrons. The molecule has 22 heavy (non-hydrogen) atoms. The second kappa shape index (κ2) is 6.08. The Balaban J connectivity index is 2.07. The summed E-state index contributed by atoms with van der Waals surface area (Å²) in [4.78, 5) is 25.3. The van der Waals surface area contributed by atoms with Crippen molar-refractivity contribution in [2.75, 3.05) is 13.1 Å². The normalized spacial score (nSPS) is 15.5. The van der Waals surface area contributed by atoms with E-state index >= 15 is 0 Å². The Morgan fingerprint density at radius 2 is 2.09 bits per heavy atom. The zero-order valence-electron chi connectivity index (χ0n) is 12.8. The van der Waals surface area contributed by atoms with Gasteiger partial charge < -0.3 is 15.4 Å². The van der Waals surface area contributed by atoms with Crippen molar-refractivity contribution in [3.63, 3.8) is 0 Å². The third-order valence-corrected chi connectivity index (χ3v) is 4.29. The molecule has 1 aliphatic rings. The third kappa shape index (κ3) is 3.85. The van der Waals surface area contributed by atoms with Crippen molar-refractivity contribution in [1.29, 1.82) is 0 Å². The van der Waals surface area contributed by atoms with Crippen LogP contribution in [0.5, 0.6) is 0 Å². The number of halogens is 1. The number of carbonyl (C=O) groups is 2. The van der Waals surface area contributed by atoms with E-state index in [2.05, 4.69) is 0 Å². The smallest absolute Gasteiger partial charge is 0.410 e. The van der Waals surface area contributed by atoms with Gasteiger partial charge in [0.05, 0.1) is 0 Å². The summed E-state index contributed by atoms with van der Waals surface area (Å²) in [6, 6.07) is 1.32. The summed E-state index contributed by atoms with van der Waals surface area (Å²) in [6.07, 6.45) is 2.07. The van der Waals surface area contributed by atoms with Gasteiger partial charge in [-0.3, -0.25) is 4.79 Å². The summed E-state index contributed by atoms with van der Waals surface area (Å²) in [5, 5.41) is 0. The number of primary amides is 1. The first-order chi connectivity index (χ1) is 10.2.